The topological polar surface area (TPSA) is 20.2 Å². The van der Waals surface area contributed by atoms with E-state index in [9.17, 15) is 0 Å². The third-order valence-corrected chi connectivity index (χ3v) is 4.17. The number of aliphatic hydroxyl groups is 1. The molecule has 3 saturated carbocycles. The minimum Gasteiger partial charge on any atom is -0.396 e. The molecule has 2 atom stereocenters. The molecule has 0 aromatic carbocycles. The molecule has 0 heterocycles. The number of hydrogen-bond acceptors (Lipinski definition) is 1. The van der Waals surface area contributed by atoms with Gasteiger partial charge in [0.1, 0.15) is 0 Å². The van der Waals surface area contributed by atoms with Crippen LogP contribution in [-0.2, 0) is 0 Å². The highest BCUT2D eigenvalue weighted by Gasteiger charge is 2.52. The largest absolute Gasteiger partial charge is 0.396 e. The summed E-state index contributed by atoms with van der Waals surface area (Å²) in [4.78, 5) is 0. The summed E-state index contributed by atoms with van der Waals surface area (Å²) in [5.41, 5.74) is 0.603. The lowest BCUT2D eigenvalue weighted by molar-refractivity contribution is -0.0981. The van der Waals surface area contributed by atoms with Crippen molar-refractivity contribution >= 4 is 0 Å². The Balaban J connectivity index is 2.02. The Kier molecular flexibility index (Phi) is 1.54. The quantitative estimate of drug-likeness (QED) is 0.613. The van der Waals surface area contributed by atoms with Crippen molar-refractivity contribution < 1.29 is 5.11 Å². The molecule has 1 N–H and O–H groups in total. The fourth-order valence-electron chi connectivity index (χ4n) is 2.97. The van der Waals surface area contributed by atoms with E-state index in [1.807, 2.05) is 0 Å². The molecule has 0 spiro atoms. The van der Waals surface area contributed by atoms with Crippen molar-refractivity contribution in [2.45, 2.75) is 33.1 Å². The molecule has 1 nitrogen and oxygen atoms in total. The fraction of sp³-hybridized carbons (Fsp3) is 1.00. The van der Waals surface area contributed by atoms with Gasteiger partial charge in [-0.15, -0.1) is 0 Å². The van der Waals surface area contributed by atoms with Gasteiger partial charge in [-0.2, -0.15) is 0 Å². The van der Waals surface area contributed by atoms with E-state index in [-0.39, 0.29) is 0 Å². The molecular formula is C10H18O. The smallest absolute Gasteiger partial charge is 0.0459 e. The molecule has 11 heavy (non-hydrogen) atoms. The Morgan fingerprint density at radius 1 is 1.18 bits per heavy atom. The first-order chi connectivity index (χ1) is 5.14. The fourth-order valence-corrected chi connectivity index (χ4v) is 2.97. The summed E-state index contributed by atoms with van der Waals surface area (Å²) in [5.74, 6) is 2.46. The predicted octanol–water partition coefficient (Wildman–Crippen LogP) is 2.05. The molecule has 0 saturated heterocycles. The van der Waals surface area contributed by atoms with E-state index in [1.54, 1.807) is 0 Å². The summed E-state index contributed by atoms with van der Waals surface area (Å²) in [7, 11) is 0. The van der Waals surface area contributed by atoms with Gasteiger partial charge in [-0.1, -0.05) is 13.8 Å². The summed E-state index contributed by atoms with van der Waals surface area (Å²) in [5, 5.41) is 9.00. The van der Waals surface area contributed by atoms with Gasteiger partial charge in [0.15, 0.2) is 0 Å². The lowest BCUT2D eigenvalue weighted by Crippen LogP contribution is -2.51. The van der Waals surface area contributed by atoms with Gasteiger partial charge in [-0.05, 0) is 42.4 Å². The Morgan fingerprint density at radius 3 is 2.09 bits per heavy atom. The van der Waals surface area contributed by atoms with Gasteiger partial charge in [0, 0.05) is 6.61 Å². The van der Waals surface area contributed by atoms with Crippen LogP contribution in [0.3, 0.4) is 0 Å². The number of hydrogen-bond donors (Lipinski definition) is 1. The van der Waals surface area contributed by atoms with Gasteiger partial charge >= 0.3 is 0 Å². The Bertz CT molecular complexity index is 148. The molecule has 3 aliphatic carbocycles. The van der Waals surface area contributed by atoms with Crippen LogP contribution in [0.25, 0.3) is 0 Å². The zero-order valence-corrected chi connectivity index (χ0v) is 7.51. The van der Waals surface area contributed by atoms with Crippen molar-refractivity contribution in [3.63, 3.8) is 0 Å². The minimum atomic E-state index is 0.420. The van der Waals surface area contributed by atoms with Crippen LogP contribution in [0.1, 0.15) is 33.1 Å². The van der Waals surface area contributed by atoms with Crippen LogP contribution < -0.4 is 0 Å². The highest BCUT2D eigenvalue weighted by Crippen LogP contribution is 2.60. The van der Waals surface area contributed by atoms with Crippen molar-refractivity contribution in [2.24, 2.45) is 23.2 Å². The van der Waals surface area contributed by atoms with E-state index in [4.69, 9.17) is 5.11 Å². The highest BCUT2D eigenvalue weighted by atomic mass is 16.3. The summed E-state index contributed by atoms with van der Waals surface area (Å²) in [6.45, 7) is 5.20. The third kappa shape index (κ3) is 0.936. The maximum Gasteiger partial charge on any atom is 0.0459 e. The Hall–Kier alpha value is -0.0400. The summed E-state index contributed by atoms with van der Waals surface area (Å²) in [6, 6.07) is 0. The average Bonchev–Trinajstić information content (AvgIpc) is 2.04. The van der Waals surface area contributed by atoms with Crippen LogP contribution in [0, 0.1) is 23.2 Å². The van der Waals surface area contributed by atoms with Gasteiger partial charge in [0.25, 0.3) is 0 Å². The predicted molar refractivity (Wildman–Crippen MR) is 45.2 cm³/mol. The SMILES string of the molecule is CC1(C)[C@H]2CC(CO)C[C@H]1C2. The molecule has 1 heteroatoms. The molecule has 0 radical (unpaired) electrons. The van der Waals surface area contributed by atoms with Crippen LogP contribution >= 0.6 is 0 Å². The molecule has 0 unspecified atom stereocenters. The zero-order valence-electron chi connectivity index (χ0n) is 7.51. The third-order valence-electron chi connectivity index (χ3n) is 4.17. The molecule has 3 rings (SSSR count). The molecule has 2 bridgehead atoms. The van der Waals surface area contributed by atoms with E-state index in [1.165, 1.54) is 19.3 Å². The van der Waals surface area contributed by atoms with Crippen molar-refractivity contribution in [2.75, 3.05) is 6.61 Å². The lowest BCUT2D eigenvalue weighted by Gasteiger charge is -2.58. The summed E-state index contributed by atoms with van der Waals surface area (Å²) >= 11 is 0. The number of aliphatic hydroxyl groups excluding tert-OH is 1. The molecule has 64 valence electrons. The Labute approximate surface area is 68.8 Å². The van der Waals surface area contributed by atoms with Gasteiger partial charge < -0.3 is 5.11 Å². The normalized spacial score (nSPS) is 46.6. The first kappa shape index (κ1) is 7.60. The first-order valence-corrected chi connectivity index (χ1v) is 4.75. The Morgan fingerprint density at radius 2 is 1.73 bits per heavy atom. The summed E-state index contributed by atoms with van der Waals surface area (Å²) in [6.07, 6.45) is 3.99. The van der Waals surface area contributed by atoms with Gasteiger partial charge in [0.05, 0.1) is 0 Å². The van der Waals surface area contributed by atoms with Gasteiger partial charge in [-0.3, -0.25) is 0 Å². The molecule has 0 aromatic rings. The molecular weight excluding hydrogens is 136 g/mol. The lowest BCUT2D eigenvalue weighted by atomic mass is 9.47. The van der Waals surface area contributed by atoms with Crippen molar-refractivity contribution in [1.29, 1.82) is 0 Å². The second-order valence-electron chi connectivity index (χ2n) is 4.97. The number of fused-ring (bicyclic) bond motifs is 2. The molecule has 3 aliphatic rings. The maximum absolute atomic E-state index is 9.00. The van der Waals surface area contributed by atoms with Crippen LogP contribution in [0.5, 0.6) is 0 Å². The second kappa shape index (κ2) is 2.22. The van der Waals surface area contributed by atoms with Crippen LogP contribution in [0.2, 0.25) is 0 Å². The van der Waals surface area contributed by atoms with E-state index < -0.39 is 0 Å². The van der Waals surface area contributed by atoms with Crippen molar-refractivity contribution in [3.8, 4) is 0 Å². The standard InChI is InChI=1S/C10H18O/c1-10(2)8-3-7(6-11)4-9(10)5-8/h7-9,11H,3-6H2,1-2H3/t8-,9-/m0/s1. The maximum atomic E-state index is 9.00. The summed E-state index contributed by atoms with van der Waals surface area (Å²) < 4.78 is 0. The van der Waals surface area contributed by atoms with Crippen molar-refractivity contribution in [1.82, 2.24) is 0 Å². The highest BCUT2D eigenvalue weighted by molar-refractivity contribution is 5.01. The molecule has 0 aromatic heterocycles. The van der Waals surface area contributed by atoms with E-state index in [2.05, 4.69) is 13.8 Å². The van der Waals surface area contributed by atoms with Crippen LogP contribution in [0.4, 0.5) is 0 Å². The van der Waals surface area contributed by atoms with E-state index >= 15 is 0 Å². The molecule has 3 fully saturated rings. The van der Waals surface area contributed by atoms with E-state index in [0.29, 0.717) is 17.9 Å². The van der Waals surface area contributed by atoms with E-state index in [0.717, 1.165) is 11.8 Å². The van der Waals surface area contributed by atoms with Crippen LogP contribution in [-0.4, -0.2) is 11.7 Å². The molecule has 0 amide bonds. The first-order valence-electron chi connectivity index (χ1n) is 4.75. The average molecular weight is 154 g/mol. The monoisotopic (exact) mass is 154 g/mol. The zero-order chi connectivity index (χ0) is 8.06. The number of rotatable bonds is 1. The van der Waals surface area contributed by atoms with Crippen molar-refractivity contribution in [3.05, 3.63) is 0 Å². The molecule has 0 aliphatic heterocycles. The van der Waals surface area contributed by atoms with Gasteiger partial charge in [-0.25, -0.2) is 0 Å². The van der Waals surface area contributed by atoms with Crippen LogP contribution in [0.15, 0.2) is 0 Å². The minimum absolute atomic E-state index is 0.420. The van der Waals surface area contributed by atoms with Gasteiger partial charge in [0.2, 0.25) is 0 Å². The second-order valence-corrected chi connectivity index (χ2v) is 4.97.